The van der Waals surface area contributed by atoms with E-state index >= 15 is 0 Å². The number of pyridine rings is 1. The summed E-state index contributed by atoms with van der Waals surface area (Å²) in [5, 5.41) is 2.12. The van der Waals surface area contributed by atoms with E-state index in [1.54, 1.807) is 14.2 Å². The quantitative estimate of drug-likeness (QED) is 0.751. The van der Waals surface area contributed by atoms with Crippen LogP contribution >= 0.6 is 0 Å². The van der Waals surface area contributed by atoms with Crippen LogP contribution in [0, 0.1) is 6.92 Å². The molecule has 2 aromatic rings. The van der Waals surface area contributed by atoms with Gasteiger partial charge in [-0.1, -0.05) is 6.07 Å². The van der Waals surface area contributed by atoms with E-state index in [-0.39, 0.29) is 0 Å². The monoisotopic (exact) mass is 203 g/mol. The minimum atomic E-state index is 0.634. The number of fused-ring (bicyclic) bond motifs is 1. The summed E-state index contributed by atoms with van der Waals surface area (Å²) in [5.74, 6) is 1.45. The Morgan fingerprint density at radius 3 is 2.53 bits per heavy atom. The highest BCUT2D eigenvalue weighted by Crippen LogP contribution is 2.29. The van der Waals surface area contributed by atoms with Crippen molar-refractivity contribution in [2.45, 2.75) is 6.92 Å². The van der Waals surface area contributed by atoms with Gasteiger partial charge in [0.2, 0.25) is 5.88 Å². The van der Waals surface area contributed by atoms with E-state index in [4.69, 9.17) is 9.47 Å². The van der Waals surface area contributed by atoms with Crippen LogP contribution in [0.3, 0.4) is 0 Å². The molecule has 3 heteroatoms. The van der Waals surface area contributed by atoms with Crippen LogP contribution < -0.4 is 9.47 Å². The van der Waals surface area contributed by atoms with Crippen LogP contribution in [0.4, 0.5) is 0 Å². The molecule has 0 fully saturated rings. The number of hydrogen-bond acceptors (Lipinski definition) is 3. The summed E-state index contributed by atoms with van der Waals surface area (Å²) in [7, 11) is 3.27. The molecular weight excluding hydrogens is 190 g/mol. The summed E-state index contributed by atoms with van der Waals surface area (Å²) in [6.07, 6.45) is 1.81. The molecule has 0 aliphatic carbocycles. The van der Waals surface area contributed by atoms with Crippen LogP contribution in [-0.2, 0) is 0 Å². The maximum absolute atomic E-state index is 5.22. The predicted molar refractivity (Wildman–Crippen MR) is 59.6 cm³/mol. The van der Waals surface area contributed by atoms with Crippen molar-refractivity contribution < 1.29 is 9.47 Å². The second-order valence-electron chi connectivity index (χ2n) is 3.36. The molecule has 1 aromatic carbocycles. The SMILES string of the molecule is COc1ccc2c(C)cnc(OC)c2c1. The van der Waals surface area contributed by atoms with E-state index in [0.29, 0.717) is 5.88 Å². The summed E-state index contributed by atoms with van der Waals surface area (Å²) in [6.45, 7) is 2.03. The zero-order valence-electron chi connectivity index (χ0n) is 9.07. The molecule has 78 valence electrons. The minimum Gasteiger partial charge on any atom is -0.497 e. The molecule has 0 radical (unpaired) electrons. The van der Waals surface area contributed by atoms with Crippen molar-refractivity contribution in [1.82, 2.24) is 4.98 Å². The molecule has 1 aromatic heterocycles. The lowest BCUT2D eigenvalue weighted by molar-refractivity contribution is 0.401. The van der Waals surface area contributed by atoms with Crippen LogP contribution in [0.15, 0.2) is 24.4 Å². The molecule has 0 N–H and O–H groups in total. The van der Waals surface area contributed by atoms with E-state index in [1.165, 1.54) is 0 Å². The van der Waals surface area contributed by atoms with Gasteiger partial charge >= 0.3 is 0 Å². The zero-order chi connectivity index (χ0) is 10.8. The van der Waals surface area contributed by atoms with Crippen molar-refractivity contribution in [3.8, 4) is 11.6 Å². The van der Waals surface area contributed by atoms with Gasteiger partial charge in [-0.3, -0.25) is 0 Å². The van der Waals surface area contributed by atoms with Gasteiger partial charge in [-0.25, -0.2) is 4.98 Å². The van der Waals surface area contributed by atoms with Crippen molar-refractivity contribution in [2.24, 2.45) is 0 Å². The Balaban J connectivity index is 2.77. The Labute approximate surface area is 88.7 Å². The van der Waals surface area contributed by atoms with Gasteiger partial charge in [0.25, 0.3) is 0 Å². The molecule has 2 rings (SSSR count). The maximum Gasteiger partial charge on any atom is 0.221 e. The lowest BCUT2D eigenvalue weighted by Crippen LogP contribution is -1.92. The third-order valence-corrected chi connectivity index (χ3v) is 2.45. The first-order valence-electron chi connectivity index (χ1n) is 4.73. The van der Waals surface area contributed by atoms with E-state index in [1.807, 2.05) is 31.3 Å². The summed E-state index contributed by atoms with van der Waals surface area (Å²) < 4.78 is 10.4. The topological polar surface area (TPSA) is 31.4 Å². The fourth-order valence-electron chi connectivity index (χ4n) is 1.63. The first kappa shape index (κ1) is 9.77. The minimum absolute atomic E-state index is 0.634. The number of aryl methyl sites for hydroxylation is 1. The van der Waals surface area contributed by atoms with Crippen molar-refractivity contribution >= 4 is 10.8 Å². The van der Waals surface area contributed by atoms with Crippen molar-refractivity contribution in [3.63, 3.8) is 0 Å². The van der Waals surface area contributed by atoms with Crippen LogP contribution in [0.1, 0.15) is 5.56 Å². The molecule has 0 amide bonds. The Morgan fingerprint density at radius 1 is 1.07 bits per heavy atom. The number of hydrogen-bond donors (Lipinski definition) is 0. The fourth-order valence-corrected chi connectivity index (χ4v) is 1.63. The van der Waals surface area contributed by atoms with Gasteiger partial charge in [0.05, 0.1) is 14.2 Å². The number of aromatic nitrogens is 1. The molecule has 0 saturated heterocycles. The van der Waals surface area contributed by atoms with Gasteiger partial charge in [0.1, 0.15) is 5.75 Å². The number of nitrogens with zero attached hydrogens (tertiary/aromatic N) is 1. The van der Waals surface area contributed by atoms with E-state index in [2.05, 4.69) is 4.98 Å². The normalized spacial score (nSPS) is 10.3. The van der Waals surface area contributed by atoms with Crippen LogP contribution in [-0.4, -0.2) is 19.2 Å². The highest BCUT2D eigenvalue weighted by molar-refractivity contribution is 5.90. The van der Waals surface area contributed by atoms with Gasteiger partial charge < -0.3 is 9.47 Å². The predicted octanol–water partition coefficient (Wildman–Crippen LogP) is 2.56. The molecule has 0 bridgehead atoms. The number of rotatable bonds is 2. The first-order chi connectivity index (χ1) is 7.26. The van der Waals surface area contributed by atoms with Gasteiger partial charge in [-0.2, -0.15) is 0 Å². The second-order valence-corrected chi connectivity index (χ2v) is 3.36. The maximum atomic E-state index is 5.22. The molecule has 0 spiro atoms. The van der Waals surface area contributed by atoms with E-state index in [9.17, 15) is 0 Å². The first-order valence-corrected chi connectivity index (χ1v) is 4.73. The van der Waals surface area contributed by atoms with Crippen LogP contribution in [0.25, 0.3) is 10.8 Å². The third-order valence-electron chi connectivity index (χ3n) is 2.45. The average Bonchev–Trinajstić information content (AvgIpc) is 2.29. The number of ether oxygens (including phenoxy) is 2. The highest BCUT2D eigenvalue weighted by atomic mass is 16.5. The lowest BCUT2D eigenvalue weighted by Gasteiger charge is -2.08. The Kier molecular flexibility index (Phi) is 2.46. The molecular formula is C12H13NO2. The largest absolute Gasteiger partial charge is 0.497 e. The molecule has 0 unspecified atom stereocenters. The molecule has 3 nitrogen and oxygen atoms in total. The van der Waals surface area contributed by atoms with E-state index in [0.717, 1.165) is 22.1 Å². The third kappa shape index (κ3) is 1.61. The Morgan fingerprint density at radius 2 is 1.87 bits per heavy atom. The summed E-state index contributed by atoms with van der Waals surface area (Å²) in [4.78, 5) is 4.22. The fraction of sp³-hybridized carbons (Fsp3) is 0.250. The number of benzene rings is 1. The molecule has 1 heterocycles. The molecule has 0 aliphatic heterocycles. The average molecular weight is 203 g/mol. The second kappa shape index (κ2) is 3.77. The van der Waals surface area contributed by atoms with Gasteiger partial charge in [0, 0.05) is 11.6 Å². The standard InChI is InChI=1S/C12H13NO2/c1-8-7-13-12(15-3)11-6-9(14-2)4-5-10(8)11/h4-7H,1-3H3. The van der Waals surface area contributed by atoms with Crippen LogP contribution in [0.5, 0.6) is 11.6 Å². The van der Waals surface area contributed by atoms with Crippen LogP contribution in [0.2, 0.25) is 0 Å². The van der Waals surface area contributed by atoms with Gasteiger partial charge in [-0.05, 0) is 30.0 Å². The molecule has 0 aliphatic rings. The lowest BCUT2D eigenvalue weighted by atomic mass is 10.1. The molecule has 0 atom stereocenters. The Hall–Kier alpha value is -1.77. The zero-order valence-corrected chi connectivity index (χ0v) is 9.07. The molecule has 15 heavy (non-hydrogen) atoms. The van der Waals surface area contributed by atoms with Gasteiger partial charge in [0.15, 0.2) is 0 Å². The molecule has 0 saturated carbocycles. The van der Waals surface area contributed by atoms with E-state index < -0.39 is 0 Å². The smallest absolute Gasteiger partial charge is 0.221 e. The highest BCUT2D eigenvalue weighted by Gasteiger charge is 2.06. The van der Waals surface area contributed by atoms with Gasteiger partial charge in [-0.15, -0.1) is 0 Å². The van der Waals surface area contributed by atoms with Crippen molar-refractivity contribution in [3.05, 3.63) is 30.0 Å². The number of methoxy groups -OCH3 is 2. The Bertz CT molecular complexity index is 494. The summed E-state index contributed by atoms with van der Waals surface area (Å²) >= 11 is 0. The summed E-state index contributed by atoms with van der Waals surface area (Å²) in [6, 6.07) is 5.90. The van der Waals surface area contributed by atoms with Crippen molar-refractivity contribution in [2.75, 3.05) is 14.2 Å². The van der Waals surface area contributed by atoms with Crippen molar-refractivity contribution in [1.29, 1.82) is 0 Å². The summed E-state index contributed by atoms with van der Waals surface area (Å²) in [5.41, 5.74) is 1.13.